The number of amides is 1. The number of fused-ring (bicyclic) bond motifs is 2. The van der Waals surface area contributed by atoms with E-state index in [1.165, 1.54) is 19.3 Å². The number of nitrogens with zero attached hydrogens (tertiary/aromatic N) is 8. The molecule has 0 unspecified atom stereocenters. The highest BCUT2D eigenvalue weighted by atomic mass is 32.2. The van der Waals surface area contributed by atoms with Gasteiger partial charge in [-0.3, -0.25) is 0 Å². The van der Waals surface area contributed by atoms with Crippen LogP contribution in [0, 0.1) is 0 Å². The molecule has 6 heterocycles. The van der Waals surface area contributed by atoms with Crippen LogP contribution in [0.15, 0.2) is 54.0 Å². The second-order valence-corrected chi connectivity index (χ2v) is 20.6. The summed E-state index contributed by atoms with van der Waals surface area (Å²) in [5, 5.41) is 26.2. The summed E-state index contributed by atoms with van der Waals surface area (Å²) >= 11 is 0. The van der Waals surface area contributed by atoms with Gasteiger partial charge in [0.05, 0.1) is 48.8 Å². The molecule has 0 bridgehead atoms. The Morgan fingerprint density at radius 1 is 0.855 bits per heavy atom. The fourth-order valence-corrected chi connectivity index (χ4v) is 10.3. The van der Waals surface area contributed by atoms with E-state index in [2.05, 4.69) is 47.2 Å². The first-order chi connectivity index (χ1) is 33.0. The molecular weight excluding hydrogens is 917 g/mol. The van der Waals surface area contributed by atoms with Crippen molar-refractivity contribution in [2.24, 2.45) is 0 Å². The number of carbonyl (C=O) groups excluding carboxylic acids is 1. The van der Waals surface area contributed by atoms with Crippen LogP contribution in [-0.4, -0.2) is 136 Å². The van der Waals surface area contributed by atoms with Crippen LogP contribution in [0.3, 0.4) is 0 Å². The topological polar surface area (TPSA) is 221 Å². The molecule has 1 amide bonds. The van der Waals surface area contributed by atoms with E-state index in [0.717, 1.165) is 72.1 Å². The van der Waals surface area contributed by atoms with Gasteiger partial charge in [-0.15, -0.1) is 10.2 Å². The van der Waals surface area contributed by atoms with Crippen molar-refractivity contribution < 1.29 is 46.0 Å². The smallest absolute Gasteiger partial charge is 0.412 e. The maximum absolute atomic E-state index is 13.7. The summed E-state index contributed by atoms with van der Waals surface area (Å²) in [6.07, 6.45) is 12.7. The summed E-state index contributed by atoms with van der Waals surface area (Å²) in [6.45, 7) is 5.38. The van der Waals surface area contributed by atoms with E-state index < -0.39 is 34.6 Å². The van der Waals surface area contributed by atoms with Crippen LogP contribution in [-0.2, 0) is 29.0 Å². The van der Waals surface area contributed by atoms with Gasteiger partial charge >= 0.3 is 12.7 Å². The van der Waals surface area contributed by atoms with Gasteiger partial charge in [0.2, 0.25) is 17.7 Å². The van der Waals surface area contributed by atoms with E-state index in [0.29, 0.717) is 56.0 Å². The lowest BCUT2D eigenvalue weighted by Gasteiger charge is -2.36. The van der Waals surface area contributed by atoms with Crippen molar-refractivity contribution in [3.8, 4) is 11.1 Å². The van der Waals surface area contributed by atoms with Gasteiger partial charge in [-0.25, -0.2) is 41.9 Å². The normalized spacial score (nSPS) is 21.4. The van der Waals surface area contributed by atoms with E-state index in [-0.39, 0.29) is 47.7 Å². The number of ether oxygens (including phenoxy) is 4. The standard InChI is InChI=1S/C47H63F2N11O8S/c1-28(26-65-6)54-44-52-24-40-36(21-38(59(40)56-44)31-7-12-34(61)13-8-31)30-17-19-58(20-18-30)46(62)68-47(3,4)67-35-14-9-32(10-15-35)39-22-37(33-11-16-42(51-23-33)69(63,64)50-5)41-25-53-45(57-60(39)41)55-29(2)27-66-43(48)49/h11,16-17,21-25,28-29,31-32,34-35,43,50,61H,7-10,12-15,18-20,26-27H2,1-6H3,(H,54,56)(H,55,57)/t28-,29-,31?,32?,34?,35?/m0/s1. The molecule has 2 fully saturated rings. The lowest BCUT2D eigenvalue weighted by atomic mass is 9.85. The molecule has 5 aromatic heterocycles. The summed E-state index contributed by atoms with van der Waals surface area (Å²) in [5.41, 5.74) is 7.07. The number of rotatable bonds is 18. The number of hydrogen-bond donors (Lipinski definition) is 4. The third-order valence-electron chi connectivity index (χ3n) is 13.1. The van der Waals surface area contributed by atoms with Crippen LogP contribution < -0.4 is 15.4 Å². The Kier molecular flexibility index (Phi) is 15.4. The van der Waals surface area contributed by atoms with Crippen molar-refractivity contribution in [1.29, 1.82) is 0 Å². The summed E-state index contributed by atoms with van der Waals surface area (Å²) in [4.78, 5) is 28.7. The molecule has 22 heteroatoms. The highest BCUT2D eigenvalue weighted by molar-refractivity contribution is 7.89. The first-order valence-corrected chi connectivity index (χ1v) is 25.1. The summed E-state index contributed by atoms with van der Waals surface area (Å²) < 4.78 is 78.6. The first-order valence-electron chi connectivity index (χ1n) is 23.6. The first kappa shape index (κ1) is 50.0. The molecule has 5 aromatic rings. The molecule has 2 aliphatic carbocycles. The van der Waals surface area contributed by atoms with E-state index in [1.807, 2.05) is 23.7 Å². The van der Waals surface area contributed by atoms with E-state index in [1.54, 1.807) is 49.6 Å². The lowest BCUT2D eigenvalue weighted by Crippen LogP contribution is -2.43. The Morgan fingerprint density at radius 2 is 1.45 bits per heavy atom. The molecular formula is C47H63F2N11O8S. The van der Waals surface area contributed by atoms with E-state index in [4.69, 9.17) is 24.4 Å². The number of hydrogen-bond acceptors (Lipinski definition) is 15. The molecule has 2 saturated carbocycles. The lowest BCUT2D eigenvalue weighted by molar-refractivity contribution is -0.214. The zero-order valence-electron chi connectivity index (χ0n) is 39.9. The zero-order chi connectivity index (χ0) is 49.0. The molecule has 3 aliphatic rings. The Bertz CT molecular complexity index is 2720. The van der Waals surface area contributed by atoms with Crippen LogP contribution in [0.1, 0.15) is 114 Å². The van der Waals surface area contributed by atoms with E-state index >= 15 is 0 Å². The van der Waals surface area contributed by atoms with Gasteiger partial charge < -0.3 is 39.6 Å². The quantitative estimate of drug-likeness (QED) is 0.0653. The third-order valence-corrected chi connectivity index (χ3v) is 14.5. The number of aromatic nitrogens is 7. The minimum Gasteiger partial charge on any atom is -0.417 e. The average Bonchev–Trinajstić information content (AvgIpc) is 3.90. The van der Waals surface area contributed by atoms with Crippen molar-refractivity contribution in [1.82, 2.24) is 43.8 Å². The van der Waals surface area contributed by atoms with Gasteiger partial charge in [-0.05, 0) is 109 Å². The number of sulfonamides is 1. The number of nitrogens with one attached hydrogen (secondary N) is 3. The number of halogens is 2. The molecule has 69 heavy (non-hydrogen) atoms. The van der Waals surface area contributed by atoms with Crippen molar-refractivity contribution in [2.45, 2.75) is 139 Å². The second-order valence-electron chi connectivity index (χ2n) is 18.7. The van der Waals surface area contributed by atoms with Crippen LogP contribution in [0.2, 0.25) is 0 Å². The zero-order valence-corrected chi connectivity index (χ0v) is 40.7. The Hall–Kier alpha value is -5.39. The predicted molar refractivity (Wildman–Crippen MR) is 253 cm³/mol. The van der Waals surface area contributed by atoms with Crippen molar-refractivity contribution in [3.63, 3.8) is 0 Å². The van der Waals surface area contributed by atoms with Crippen LogP contribution in [0.4, 0.5) is 25.5 Å². The van der Waals surface area contributed by atoms with Gasteiger partial charge in [0.1, 0.15) is 0 Å². The number of aliphatic hydroxyl groups is 1. The van der Waals surface area contributed by atoms with Crippen molar-refractivity contribution >= 4 is 44.6 Å². The molecule has 0 spiro atoms. The van der Waals surface area contributed by atoms with Crippen LogP contribution in [0.25, 0.3) is 27.7 Å². The van der Waals surface area contributed by atoms with Gasteiger partial charge in [-0.2, -0.15) is 8.78 Å². The molecule has 0 radical (unpaired) electrons. The molecule has 0 saturated heterocycles. The van der Waals surface area contributed by atoms with Crippen LogP contribution in [0.5, 0.6) is 0 Å². The second kappa shape index (κ2) is 21.3. The highest BCUT2D eigenvalue weighted by Crippen LogP contribution is 2.41. The maximum atomic E-state index is 13.7. The van der Waals surface area contributed by atoms with E-state index in [9.17, 15) is 27.1 Å². The minimum atomic E-state index is -3.75. The fourth-order valence-electron chi connectivity index (χ4n) is 9.65. The van der Waals surface area contributed by atoms with Crippen molar-refractivity contribution in [3.05, 3.63) is 65.9 Å². The SMILES string of the molecule is CNS(=O)(=O)c1ccc(-c2cc(C3CCC(OC(C)(C)OC(=O)N4CC=C(c5cc(C6CCC(O)CC6)n6nc(N[C@@H](C)COC)ncc56)CC4)CC3)n3nc(N[C@@H](C)COC(F)F)ncc23)cn1. The molecule has 4 N–H and O–H groups in total. The molecule has 0 aromatic carbocycles. The number of methoxy groups -OCH3 is 1. The van der Waals surface area contributed by atoms with Gasteiger partial charge in [0, 0.05) is 92.2 Å². The van der Waals surface area contributed by atoms with Gasteiger partial charge in [-0.1, -0.05) is 6.08 Å². The number of anilines is 2. The Morgan fingerprint density at radius 3 is 2.00 bits per heavy atom. The summed E-state index contributed by atoms with van der Waals surface area (Å²) in [5.74, 6) is -0.200. The highest BCUT2D eigenvalue weighted by Gasteiger charge is 2.35. The molecule has 8 rings (SSSR count). The predicted octanol–water partition coefficient (Wildman–Crippen LogP) is 6.95. The molecule has 374 valence electrons. The molecule has 1 aliphatic heterocycles. The Labute approximate surface area is 400 Å². The average molecular weight is 980 g/mol. The molecule has 2 atom stereocenters. The minimum absolute atomic E-state index is 0.0162. The Balaban J connectivity index is 0.921. The number of pyridine rings is 1. The third kappa shape index (κ3) is 11.8. The number of carbonyl (C=O) groups is 1. The fraction of sp³-hybridized carbons (Fsp3) is 0.574. The van der Waals surface area contributed by atoms with Gasteiger partial charge in [0.15, 0.2) is 5.03 Å². The van der Waals surface area contributed by atoms with Gasteiger partial charge in [0.25, 0.3) is 10.0 Å². The monoisotopic (exact) mass is 979 g/mol. The largest absolute Gasteiger partial charge is 0.417 e. The number of aliphatic hydroxyl groups excluding tert-OH is 1. The van der Waals surface area contributed by atoms with Crippen molar-refractivity contribution in [2.75, 3.05) is 51.1 Å². The maximum Gasteiger partial charge on any atom is 0.412 e. The number of alkyl halides is 2. The summed E-state index contributed by atoms with van der Waals surface area (Å²) in [6, 6.07) is 6.83. The molecule has 19 nitrogen and oxygen atoms in total. The summed E-state index contributed by atoms with van der Waals surface area (Å²) in [7, 11) is -0.770. The van der Waals surface area contributed by atoms with Crippen LogP contribution >= 0.6 is 0 Å².